The Kier molecular flexibility index (Phi) is 4.33. The Bertz CT molecular complexity index is 384. The van der Waals surface area contributed by atoms with Gasteiger partial charge in [-0.15, -0.1) is 0 Å². The highest BCUT2D eigenvalue weighted by Gasteiger charge is 2.22. The van der Waals surface area contributed by atoms with E-state index >= 15 is 0 Å². The van der Waals surface area contributed by atoms with Crippen molar-refractivity contribution in [1.82, 2.24) is 0 Å². The number of ether oxygens (including phenoxy) is 1. The number of benzene rings is 1. The van der Waals surface area contributed by atoms with Crippen LogP contribution in [-0.2, 0) is 4.74 Å². The minimum Gasteiger partial charge on any atom is -0.385 e. The van der Waals surface area contributed by atoms with Crippen molar-refractivity contribution in [3.63, 3.8) is 0 Å². The first-order valence-electron chi connectivity index (χ1n) is 5.35. The second-order valence-corrected chi connectivity index (χ2v) is 4.18. The van der Waals surface area contributed by atoms with E-state index in [2.05, 4.69) is 11.4 Å². The molecule has 0 amide bonds. The quantitative estimate of drug-likeness (QED) is 0.826. The Hall–Kier alpha value is -1.53. The van der Waals surface area contributed by atoms with Crippen molar-refractivity contribution < 1.29 is 4.74 Å². The molecule has 0 aromatic heterocycles. The van der Waals surface area contributed by atoms with Gasteiger partial charge in [0.25, 0.3) is 0 Å². The Labute approximate surface area is 97.0 Å². The number of nitrogens with zero attached hydrogens (tertiary/aromatic N) is 1. The van der Waals surface area contributed by atoms with Gasteiger partial charge in [0.05, 0.1) is 6.07 Å². The monoisotopic (exact) mass is 218 g/mol. The summed E-state index contributed by atoms with van der Waals surface area (Å²) in [5.41, 5.74) is 1.57. The fourth-order valence-corrected chi connectivity index (χ4v) is 1.49. The normalized spacial score (nSPS) is 13.9. The van der Waals surface area contributed by atoms with Crippen LogP contribution in [0.3, 0.4) is 0 Å². The smallest absolute Gasteiger partial charge is 0.124 e. The molecule has 16 heavy (non-hydrogen) atoms. The van der Waals surface area contributed by atoms with Gasteiger partial charge >= 0.3 is 0 Å². The van der Waals surface area contributed by atoms with Gasteiger partial charge in [0.1, 0.15) is 5.54 Å². The average Bonchev–Trinajstić information content (AvgIpc) is 2.26. The van der Waals surface area contributed by atoms with E-state index in [-0.39, 0.29) is 0 Å². The van der Waals surface area contributed by atoms with Crippen LogP contribution >= 0.6 is 0 Å². The average molecular weight is 218 g/mol. The third-order valence-electron chi connectivity index (χ3n) is 2.49. The number of nitriles is 1. The number of aryl methyl sites for hydroxylation is 1. The lowest BCUT2D eigenvalue weighted by atomic mass is 9.99. The Morgan fingerprint density at radius 3 is 2.81 bits per heavy atom. The fraction of sp³-hybridized carbons (Fsp3) is 0.462. The molecule has 0 heterocycles. The molecule has 1 aromatic rings. The summed E-state index contributed by atoms with van der Waals surface area (Å²) >= 11 is 0. The van der Waals surface area contributed by atoms with Crippen LogP contribution in [0.2, 0.25) is 0 Å². The van der Waals surface area contributed by atoms with Crippen LogP contribution in [-0.4, -0.2) is 19.3 Å². The fourth-order valence-electron chi connectivity index (χ4n) is 1.49. The van der Waals surface area contributed by atoms with Crippen molar-refractivity contribution in [1.29, 1.82) is 5.26 Å². The molecular weight excluding hydrogens is 200 g/mol. The van der Waals surface area contributed by atoms with Gasteiger partial charge < -0.3 is 10.1 Å². The second-order valence-electron chi connectivity index (χ2n) is 4.18. The molecule has 0 bridgehead atoms. The van der Waals surface area contributed by atoms with E-state index in [1.807, 2.05) is 38.1 Å². The van der Waals surface area contributed by atoms with Gasteiger partial charge in [0.15, 0.2) is 0 Å². The van der Waals surface area contributed by atoms with Gasteiger partial charge in [0, 0.05) is 25.8 Å². The van der Waals surface area contributed by atoms with E-state index in [1.54, 1.807) is 7.11 Å². The molecule has 0 radical (unpaired) electrons. The lowest BCUT2D eigenvalue weighted by molar-refractivity contribution is 0.184. The first-order chi connectivity index (χ1) is 7.59. The van der Waals surface area contributed by atoms with Gasteiger partial charge in [-0.2, -0.15) is 5.26 Å². The molecule has 1 atom stereocenters. The van der Waals surface area contributed by atoms with Gasteiger partial charge in [-0.1, -0.05) is 12.1 Å². The highest BCUT2D eigenvalue weighted by Crippen LogP contribution is 2.18. The number of nitrogens with one attached hydrogen (secondary N) is 1. The summed E-state index contributed by atoms with van der Waals surface area (Å²) in [6.45, 7) is 4.49. The first kappa shape index (κ1) is 12.5. The lowest BCUT2D eigenvalue weighted by Crippen LogP contribution is -2.34. The summed E-state index contributed by atoms with van der Waals surface area (Å²) in [7, 11) is 1.64. The molecule has 0 saturated heterocycles. The predicted molar refractivity (Wildman–Crippen MR) is 65.3 cm³/mol. The Balaban J connectivity index is 2.73. The van der Waals surface area contributed by atoms with Crippen molar-refractivity contribution in [2.45, 2.75) is 25.8 Å². The second kappa shape index (κ2) is 5.53. The van der Waals surface area contributed by atoms with Gasteiger partial charge in [-0.25, -0.2) is 0 Å². The van der Waals surface area contributed by atoms with Crippen molar-refractivity contribution in [3.05, 3.63) is 29.8 Å². The van der Waals surface area contributed by atoms with Crippen molar-refractivity contribution in [2.24, 2.45) is 0 Å². The Morgan fingerprint density at radius 1 is 1.50 bits per heavy atom. The number of hydrogen-bond donors (Lipinski definition) is 1. The van der Waals surface area contributed by atoms with Crippen molar-refractivity contribution in [2.75, 3.05) is 19.0 Å². The van der Waals surface area contributed by atoms with E-state index in [0.717, 1.165) is 5.69 Å². The summed E-state index contributed by atoms with van der Waals surface area (Å²) in [5, 5.41) is 12.4. The van der Waals surface area contributed by atoms with E-state index in [9.17, 15) is 5.26 Å². The minimum absolute atomic E-state index is 0.572. The van der Waals surface area contributed by atoms with Crippen LogP contribution in [0.15, 0.2) is 24.3 Å². The van der Waals surface area contributed by atoms with E-state index in [1.165, 1.54) is 5.56 Å². The van der Waals surface area contributed by atoms with Crippen LogP contribution in [0.4, 0.5) is 5.69 Å². The predicted octanol–water partition coefficient (Wildman–Crippen LogP) is 2.73. The summed E-state index contributed by atoms with van der Waals surface area (Å²) in [4.78, 5) is 0. The molecule has 0 aliphatic carbocycles. The maximum atomic E-state index is 9.17. The van der Waals surface area contributed by atoms with E-state index in [0.29, 0.717) is 13.0 Å². The zero-order chi connectivity index (χ0) is 12.0. The van der Waals surface area contributed by atoms with Crippen LogP contribution in [0.5, 0.6) is 0 Å². The summed E-state index contributed by atoms with van der Waals surface area (Å²) in [6, 6.07) is 10.3. The van der Waals surface area contributed by atoms with E-state index in [4.69, 9.17) is 4.74 Å². The lowest BCUT2D eigenvalue weighted by Gasteiger charge is -2.24. The highest BCUT2D eigenvalue weighted by atomic mass is 16.5. The maximum Gasteiger partial charge on any atom is 0.124 e. The Morgan fingerprint density at radius 2 is 2.25 bits per heavy atom. The topological polar surface area (TPSA) is 45.0 Å². The molecule has 0 saturated carbocycles. The van der Waals surface area contributed by atoms with Gasteiger partial charge in [0.2, 0.25) is 0 Å². The van der Waals surface area contributed by atoms with Crippen LogP contribution in [0, 0.1) is 18.3 Å². The molecule has 1 aromatic carbocycles. The highest BCUT2D eigenvalue weighted by molar-refractivity contribution is 5.49. The largest absolute Gasteiger partial charge is 0.385 e. The molecule has 3 nitrogen and oxygen atoms in total. The molecule has 3 heteroatoms. The number of anilines is 1. The standard InChI is InChI=1S/C13H18N2O/c1-11-5-4-6-12(9-11)15-13(2,10-14)7-8-16-3/h4-6,9,15H,7-8H2,1-3H3. The molecule has 0 fully saturated rings. The van der Waals surface area contributed by atoms with Crippen LogP contribution in [0.25, 0.3) is 0 Å². The summed E-state index contributed by atoms with van der Waals surface area (Å²) in [5.74, 6) is 0. The third-order valence-corrected chi connectivity index (χ3v) is 2.49. The molecule has 0 aliphatic heterocycles. The summed E-state index contributed by atoms with van der Waals surface area (Å²) < 4.78 is 5.01. The molecule has 1 unspecified atom stereocenters. The minimum atomic E-state index is -0.580. The molecule has 0 spiro atoms. The summed E-state index contributed by atoms with van der Waals surface area (Å²) in [6.07, 6.45) is 0.661. The van der Waals surface area contributed by atoms with Crippen molar-refractivity contribution in [3.8, 4) is 6.07 Å². The van der Waals surface area contributed by atoms with Crippen LogP contribution < -0.4 is 5.32 Å². The molecule has 1 N–H and O–H groups in total. The van der Waals surface area contributed by atoms with Crippen molar-refractivity contribution >= 4 is 5.69 Å². The van der Waals surface area contributed by atoms with E-state index < -0.39 is 5.54 Å². The zero-order valence-electron chi connectivity index (χ0n) is 10.1. The van der Waals surface area contributed by atoms with Gasteiger partial charge in [-0.05, 0) is 31.5 Å². The first-order valence-corrected chi connectivity index (χ1v) is 5.35. The van der Waals surface area contributed by atoms with Crippen LogP contribution in [0.1, 0.15) is 18.9 Å². The maximum absolute atomic E-state index is 9.17. The zero-order valence-corrected chi connectivity index (χ0v) is 10.1. The number of methoxy groups -OCH3 is 1. The number of hydrogen-bond acceptors (Lipinski definition) is 3. The molecule has 1 rings (SSSR count). The number of rotatable bonds is 5. The molecule has 86 valence electrons. The molecular formula is C13H18N2O. The molecule has 0 aliphatic rings. The SMILES string of the molecule is COCCC(C)(C#N)Nc1cccc(C)c1. The van der Waals surface area contributed by atoms with Gasteiger partial charge in [-0.3, -0.25) is 0 Å². The third kappa shape index (κ3) is 3.56.